The Labute approximate surface area is 244 Å². The summed E-state index contributed by atoms with van der Waals surface area (Å²) in [6.07, 6.45) is 9.24. The van der Waals surface area contributed by atoms with Crippen LogP contribution in [0.15, 0.2) is 24.3 Å². The molecule has 3 N–H and O–H groups in total. The second-order valence-electron chi connectivity index (χ2n) is 12.4. The Bertz CT molecular complexity index is 1250. The Morgan fingerprint density at radius 3 is 2.44 bits per heavy atom. The highest BCUT2D eigenvalue weighted by molar-refractivity contribution is 7.88. The molecule has 0 aromatic heterocycles. The maximum absolute atomic E-state index is 14.3. The largest absolute Gasteiger partial charge is 0.349 e. The molecule has 2 saturated heterocycles. The van der Waals surface area contributed by atoms with Crippen molar-refractivity contribution in [1.82, 2.24) is 25.2 Å². The lowest BCUT2D eigenvalue weighted by atomic mass is 9.83. The van der Waals surface area contributed by atoms with E-state index in [0.717, 1.165) is 56.9 Å². The number of carbonyl (C=O) groups excluding carboxylic acids is 3. The van der Waals surface area contributed by atoms with Crippen LogP contribution < -0.4 is 16.0 Å². The van der Waals surface area contributed by atoms with Crippen LogP contribution in [-0.2, 0) is 30.8 Å². The third-order valence-corrected chi connectivity index (χ3v) is 11.1. The molecule has 1 saturated carbocycles. The van der Waals surface area contributed by atoms with Gasteiger partial charge in [0.2, 0.25) is 27.7 Å². The summed E-state index contributed by atoms with van der Waals surface area (Å²) < 4.78 is 27.1. The minimum absolute atomic E-state index is 0.0155. The average molecular weight is 588 g/mol. The van der Waals surface area contributed by atoms with Gasteiger partial charge in [0.1, 0.15) is 6.04 Å². The lowest BCUT2D eigenvalue weighted by molar-refractivity contribution is -0.141. The standard InChI is InChI=1S/C30H45N5O5S/c1-19(31-2)28(36)33-26(21-11-5-4-6-12-21)30(38)34-17-16-25-27(34)23(18-35(25)41(3,39)40)29(37)32-24-15-9-13-20-10-7-8-14-22(20)24/h7-8,10,14,19,21,23-27,31H,4-6,9,11-13,15-18H2,1-3H3,(H,32,37)(H,33,36)/t19-,23-,24?,25+,26-,27+/m0/s1. The summed E-state index contributed by atoms with van der Waals surface area (Å²) in [5.41, 5.74) is 2.34. The van der Waals surface area contributed by atoms with E-state index in [1.54, 1.807) is 18.9 Å². The van der Waals surface area contributed by atoms with E-state index in [2.05, 4.69) is 28.1 Å². The van der Waals surface area contributed by atoms with E-state index in [-0.39, 0.29) is 36.2 Å². The van der Waals surface area contributed by atoms with E-state index in [1.807, 2.05) is 12.1 Å². The van der Waals surface area contributed by atoms with Crippen LogP contribution in [0.5, 0.6) is 0 Å². The van der Waals surface area contributed by atoms with Gasteiger partial charge in [-0.05, 0) is 69.5 Å². The van der Waals surface area contributed by atoms with Crippen LogP contribution in [0.4, 0.5) is 0 Å². The summed E-state index contributed by atoms with van der Waals surface area (Å²) in [5.74, 6) is -1.32. The molecule has 1 unspecified atom stereocenters. The number of sulfonamides is 1. The second kappa shape index (κ2) is 12.4. The lowest BCUT2D eigenvalue weighted by Gasteiger charge is -2.36. The Hall–Kier alpha value is -2.50. The average Bonchev–Trinajstić information content (AvgIpc) is 3.56. The van der Waals surface area contributed by atoms with Gasteiger partial charge in [-0.2, -0.15) is 4.31 Å². The number of hydrogen-bond donors (Lipinski definition) is 3. The normalized spacial score (nSPS) is 28.4. The molecule has 0 radical (unpaired) electrons. The lowest BCUT2D eigenvalue weighted by Crippen LogP contribution is -2.58. The Balaban J connectivity index is 1.41. The molecule has 41 heavy (non-hydrogen) atoms. The number of benzene rings is 1. The van der Waals surface area contributed by atoms with Crippen LogP contribution in [0.1, 0.15) is 75.5 Å². The SMILES string of the molecule is CN[C@@H](C)C(=O)N[C@H](C(=O)N1CC[C@@H]2[C@H]1[C@@H](C(=O)NC1CCCc3ccccc31)CN2S(C)(=O)=O)C1CCCCC1. The molecule has 4 aliphatic rings. The van der Waals surface area contributed by atoms with Crippen molar-refractivity contribution in [1.29, 1.82) is 0 Å². The van der Waals surface area contributed by atoms with Gasteiger partial charge in [0.25, 0.3) is 0 Å². The van der Waals surface area contributed by atoms with Crippen LogP contribution in [0.2, 0.25) is 0 Å². The maximum Gasteiger partial charge on any atom is 0.245 e. The van der Waals surface area contributed by atoms with E-state index < -0.39 is 40.1 Å². The third-order valence-electron chi connectivity index (χ3n) is 9.82. The Morgan fingerprint density at radius 1 is 1.00 bits per heavy atom. The number of hydrogen-bond acceptors (Lipinski definition) is 6. The van der Waals surface area contributed by atoms with Crippen molar-refractivity contribution < 1.29 is 22.8 Å². The van der Waals surface area contributed by atoms with E-state index in [9.17, 15) is 22.8 Å². The first-order chi connectivity index (χ1) is 19.6. The Kier molecular flexibility index (Phi) is 9.06. The van der Waals surface area contributed by atoms with E-state index in [1.165, 1.54) is 16.1 Å². The molecule has 6 atom stereocenters. The summed E-state index contributed by atoms with van der Waals surface area (Å²) in [7, 11) is -1.88. The highest BCUT2D eigenvalue weighted by atomic mass is 32.2. The molecule has 0 spiro atoms. The number of nitrogens with zero attached hydrogens (tertiary/aromatic N) is 2. The molecular weight excluding hydrogens is 542 g/mol. The van der Waals surface area contributed by atoms with Crippen molar-refractivity contribution in [3.05, 3.63) is 35.4 Å². The topological polar surface area (TPSA) is 128 Å². The van der Waals surface area contributed by atoms with E-state index in [0.29, 0.717) is 13.0 Å². The third kappa shape index (κ3) is 6.17. The molecular formula is C30H45N5O5S. The van der Waals surface area contributed by atoms with E-state index >= 15 is 0 Å². The highest BCUT2D eigenvalue weighted by Gasteiger charge is 2.56. The van der Waals surface area contributed by atoms with Crippen molar-refractivity contribution in [2.24, 2.45) is 11.8 Å². The fourth-order valence-corrected chi connectivity index (χ4v) is 8.69. The highest BCUT2D eigenvalue weighted by Crippen LogP contribution is 2.39. The first-order valence-corrected chi connectivity index (χ1v) is 17.1. The van der Waals surface area contributed by atoms with Crippen molar-refractivity contribution in [2.75, 3.05) is 26.4 Å². The van der Waals surface area contributed by atoms with Gasteiger partial charge in [-0.15, -0.1) is 0 Å². The molecule has 11 heteroatoms. The number of aryl methyl sites for hydroxylation is 1. The van der Waals surface area contributed by atoms with Crippen molar-refractivity contribution in [3.63, 3.8) is 0 Å². The van der Waals surface area contributed by atoms with Gasteiger partial charge in [0.05, 0.1) is 30.3 Å². The molecule has 1 aromatic rings. The number of likely N-dealkylation sites (N-methyl/N-ethyl adjacent to an activating group) is 1. The zero-order valence-corrected chi connectivity index (χ0v) is 25.3. The zero-order chi connectivity index (χ0) is 29.3. The molecule has 2 aliphatic carbocycles. The number of likely N-dealkylation sites (tertiary alicyclic amines) is 1. The predicted octanol–water partition coefficient (Wildman–Crippen LogP) is 1.71. The van der Waals surface area contributed by atoms with Crippen LogP contribution in [-0.4, -0.2) is 85.9 Å². The molecule has 2 aliphatic heterocycles. The predicted molar refractivity (Wildman–Crippen MR) is 156 cm³/mol. The summed E-state index contributed by atoms with van der Waals surface area (Å²) >= 11 is 0. The molecule has 226 valence electrons. The molecule has 10 nitrogen and oxygen atoms in total. The minimum Gasteiger partial charge on any atom is -0.349 e. The quantitative estimate of drug-likeness (QED) is 0.425. The minimum atomic E-state index is -3.59. The monoisotopic (exact) mass is 587 g/mol. The van der Waals surface area contributed by atoms with Crippen molar-refractivity contribution in [3.8, 4) is 0 Å². The van der Waals surface area contributed by atoms with Crippen molar-refractivity contribution in [2.45, 2.75) is 94.9 Å². The number of amides is 3. The van der Waals surface area contributed by atoms with Crippen LogP contribution in [0.3, 0.4) is 0 Å². The zero-order valence-electron chi connectivity index (χ0n) is 24.5. The fraction of sp³-hybridized carbons (Fsp3) is 0.700. The van der Waals surface area contributed by atoms with Gasteiger partial charge < -0.3 is 20.9 Å². The summed E-state index contributed by atoms with van der Waals surface area (Å²) in [6.45, 7) is 2.17. The summed E-state index contributed by atoms with van der Waals surface area (Å²) in [4.78, 5) is 42.9. The number of fused-ring (bicyclic) bond motifs is 2. The Morgan fingerprint density at radius 2 is 1.73 bits per heavy atom. The van der Waals surface area contributed by atoms with Gasteiger partial charge in [0.15, 0.2) is 0 Å². The number of rotatable bonds is 8. The van der Waals surface area contributed by atoms with Gasteiger partial charge in [-0.3, -0.25) is 14.4 Å². The first-order valence-electron chi connectivity index (χ1n) is 15.2. The van der Waals surface area contributed by atoms with Gasteiger partial charge in [0, 0.05) is 19.1 Å². The van der Waals surface area contributed by atoms with Crippen molar-refractivity contribution >= 4 is 27.7 Å². The first kappa shape index (κ1) is 30.0. The molecule has 1 aromatic carbocycles. The fourth-order valence-electron chi connectivity index (χ4n) is 7.53. The molecule has 2 heterocycles. The summed E-state index contributed by atoms with van der Waals surface area (Å²) in [6, 6.07) is 5.82. The smallest absolute Gasteiger partial charge is 0.245 e. The van der Waals surface area contributed by atoms with E-state index in [4.69, 9.17) is 0 Å². The van der Waals surface area contributed by atoms with Gasteiger partial charge in [-0.25, -0.2) is 8.42 Å². The molecule has 5 rings (SSSR count). The van der Waals surface area contributed by atoms with Crippen LogP contribution >= 0.6 is 0 Å². The van der Waals surface area contributed by atoms with Gasteiger partial charge >= 0.3 is 0 Å². The maximum atomic E-state index is 14.3. The summed E-state index contributed by atoms with van der Waals surface area (Å²) in [5, 5.41) is 9.21. The van der Waals surface area contributed by atoms with Gasteiger partial charge in [-0.1, -0.05) is 43.5 Å². The number of carbonyl (C=O) groups is 3. The van der Waals surface area contributed by atoms with Crippen LogP contribution in [0, 0.1) is 11.8 Å². The molecule has 3 fully saturated rings. The molecule has 0 bridgehead atoms. The van der Waals surface area contributed by atoms with Crippen LogP contribution in [0.25, 0.3) is 0 Å². The number of nitrogens with one attached hydrogen (secondary N) is 3. The second-order valence-corrected chi connectivity index (χ2v) is 14.3. The molecule has 3 amide bonds.